The molecule has 1 unspecified atom stereocenters. The molecule has 1 spiro atoms. The van der Waals surface area contributed by atoms with Crippen molar-refractivity contribution in [3.8, 4) is 0 Å². The van der Waals surface area contributed by atoms with Gasteiger partial charge in [0.25, 0.3) is 0 Å². The second-order valence-corrected chi connectivity index (χ2v) is 12.4. The van der Waals surface area contributed by atoms with E-state index in [1.165, 1.54) is 5.57 Å². The molecular weight excluding hydrogens is 484 g/mol. The molecule has 210 valence electrons. The zero-order valence-corrected chi connectivity index (χ0v) is 23.4. The van der Waals surface area contributed by atoms with Crippen LogP contribution in [0.5, 0.6) is 0 Å². The van der Waals surface area contributed by atoms with Gasteiger partial charge in [-0.3, -0.25) is 4.79 Å². The Balaban J connectivity index is 1.51. The fourth-order valence-electron chi connectivity index (χ4n) is 6.85. The summed E-state index contributed by atoms with van der Waals surface area (Å²) >= 11 is 0. The fourth-order valence-corrected chi connectivity index (χ4v) is 6.85. The first kappa shape index (κ1) is 27.8. The van der Waals surface area contributed by atoms with Crippen molar-refractivity contribution in [2.75, 3.05) is 6.61 Å². The van der Waals surface area contributed by atoms with Crippen LogP contribution in [-0.4, -0.2) is 64.7 Å². The van der Waals surface area contributed by atoms with Gasteiger partial charge in [0.15, 0.2) is 5.79 Å². The van der Waals surface area contributed by atoms with Gasteiger partial charge in [0, 0.05) is 19.3 Å². The van der Waals surface area contributed by atoms with E-state index in [9.17, 15) is 15.0 Å². The summed E-state index contributed by atoms with van der Waals surface area (Å²) < 4.78 is 25.2. The van der Waals surface area contributed by atoms with E-state index < -0.39 is 41.6 Å². The van der Waals surface area contributed by atoms with Crippen molar-refractivity contribution in [2.24, 2.45) is 17.8 Å². The second-order valence-electron chi connectivity index (χ2n) is 12.4. The van der Waals surface area contributed by atoms with Crippen molar-refractivity contribution in [2.45, 2.75) is 115 Å². The summed E-state index contributed by atoms with van der Waals surface area (Å²) in [6.45, 7) is 10.5. The highest BCUT2D eigenvalue weighted by molar-refractivity contribution is 5.78. The highest BCUT2D eigenvalue weighted by Gasteiger charge is 2.60. The third kappa shape index (κ3) is 5.20. The standard InChI is InChI=1S/C31H44O7/c1-18-7-6-8-23-17-35-28-27(32)21(4)14-26(31(23,28)34)29(33)36-25-15-24(10-9-19(2)13-18)38-30(16-25)12-11-20(3)22(5)37-30/h6-9,14,18,20,22,24-28,32,34H,10-13,15-17H2,1-5H3/t18-,20-,22+,24+,25-,26-,27+,28+,30?,31+/m0/s1. The van der Waals surface area contributed by atoms with Crippen LogP contribution in [0.25, 0.3) is 0 Å². The molecule has 7 nitrogen and oxygen atoms in total. The minimum atomic E-state index is -1.68. The van der Waals surface area contributed by atoms with Gasteiger partial charge in [0.2, 0.25) is 0 Å². The number of fused-ring (bicyclic) bond motifs is 2. The van der Waals surface area contributed by atoms with Crippen molar-refractivity contribution >= 4 is 5.97 Å². The number of esters is 1. The Hall–Kier alpha value is -1.77. The maximum absolute atomic E-state index is 13.8. The van der Waals surface area contributed by atoms with E-state index >= 15 is 0 Å². The van der Waals surface area contributed by atoms with E-state index in [2.05, 4.69) is 39.8 Å². The highest BCUT2D eigenvalue weighted by atomic mass is 16.7. The van der Waals surface area contributed by atoms with Gasteiger partial charge in [-0.2, -0.15) is 0 Å². The molecule has 4 aliphatic heterocycles. The molecule has 4 heterocycles. The van der Waals surface area contributed by atoms with Crippen LogP contribution >= 0.6 is 0 Å². The summed E-state index contributed by atoms with van der Waals surface area (Å²) in [5.41, 5.74) is 0.783. The Morgan fingerprint density at radius 1 is 1.11 bits per heavy atom. The third-order valence-electron chi connectivity index (χ3n) is 9.30. The quantitative estimate of drug-likeness (QED) is 0.352. The van der Waals surface area contributed by atoms with Crippen LogP contribution in [0.1, 0.15) is 73.1 Å². The van der Waals surface area contributed by atoms with Gasteiger partial charge < -0.3 is 29.2 Å². The van der Waals surface area contributed by atoms with Gasteiger partial charge in [-0.15, -0.1) is 0 Å². The van der Waals surface area contributed by atoms with Crippen molar-refractivity contribution in [1.29, 1.82) is 0 Å². The van der Waals surface area contributed by atoms with Gasteiger partial charge in [-0.05, 0) is 63.0 Å². The topological polar surface area (TPSA) is 94.5 Å². The molecule has 0 aromatic rings. The van der Waals surface area contributed by atoms with Gasteiger partial charge in [0.1, 0.15) is 29.8 Å². The maximum atomic E-state index is 13.8. The Morgan fingerprint density at radius 3 is 2.66 bits per heavy atom. The average Bonchev–Trinajstić information content (AvgIpc) is 3.19. The zero-order chi connectivity index (χ0) is 27.2. The number of rotatable bonds is 0. The molecule has 0 amide bonds. The minimum absolute atomic E-state index is 0.0526. The summed E-state index contributed by atoms with van der Waals surface area (Å²) in [5.74, 6) is -1.53. The van der Waals surface area contributed by atoms with Gasteiger partial charge in [0.05, 0.1) is 18.8 Å². The van der Waals surface area contributed by atoms with E-state index in [-0.39, 0.29) is 18.8 Å². The molecule has 10 atom stereocenters. The van der Waals surface area contributed by atoms with Crippen LogP contribution in [0, 0.1) is 17.8 Å². The fraction of sp³-hybridized carbons (Fsp3) is 0.710. The summed E-state index contributed by atoms with van der Waals surface area (Å²) in [6.07, 6.45) is 11.8. The van der Waals surface area contributed by atoms with Gasteiger partial charge >= 0.3 is 5.97 Å². The number of carbonyl (C=O) groups is 1. The minimum Gasteiger partial charge on any atom is -0.462 e. The number of allylic oxidation sites excluding steroid dienone is 4. The smallest absolute Gasteiger partial charge is 0.316 e. The predicted molar refractivity (Wildman–Crippen MR) is 143 cm³/mol. The molecule has 5 rings (SSSR count). The predicted octanol–water partition coefficient (Wildman–Crippen LogP) is 4.53. The van der Waals surface area contributed by atoms with Gasteiger partial charge in [-0.25, -0.2) is 0 Å². The maximum Gasteiger partial charge on any atom is 0.316 e. The molecule has 0 saturated carbocycles. The molecule has 0 aromatic carbocycles. The third-order valence-corrected chi connectivity index (χ3v) is 9.30. The Bertz CT molecular complexity index is 1040. The SMILES string of the molecule is CC1=CC[C@@H]2C[C@@H](CC3(CC[C@H](C)[C@@H](C)O3)O2)OC(=O)[C@@H]2C=C(C)[C@@H](O)[C@H]3OCC(=CC=C[C@H](C)C1)[C@]32O. The van der Waals surface area contributed by atoms with E-state index in [0.717, 1.165) is 25.7 Å². The van der Waals surface area contributed by atoms with E-state index in [4.69, 9.17) is 18.9 Å². The number of hydrogen-bond donors (Lipinski definition) is 2. The molecule has 2 N–H and O–H groups in total. The number of aliphatic hydroxyl groups excluding tert-OH is 1. The molecule has 1 aliphatic carbocycles. The lowest BCUT2D eigenvalue weighted by Crippen LogP contribution is -2.58. The van der Waals surface area contributed by atoms with Crippen molar-refractivity contribution in [1.82, 2.24) is 0 Å². The number of carbonyl (C=O) groups excluding carboxylic acids is 1. The Morgan fingerprint density at radius 2 is 1.89 bits per heavy atom. The van der Waals surface area contributed by atoms with Crippen molar-refractivity contribution in [3.63, 3.8) is 0 Å². The monoisotopic (exact) mass is 528 g/mol. The van der Waals surface area contributed by atoms with Crippen LogP contribution in [0.15, 0.2) is 47.1 Å². The van der Waals surface area contributed by atoms with E-state index in [0.29, 0.717) is 35.8 Å². The molecule has 3 fully saturated rings. The lowest BCUT2D eigenvalue weighted by Gasteiger charge is -2.49. The molecule has 5 aliphatic rings. The number of hydrogen-bond acceptors (Lipinski definition) is 7. The Labute approximate surface area is 226 Å². The molecule has 0 aromatic heterocycles. The summed E-state index contributed by atoms with van der Waals surface area (Å²) in [4.78, 5) is 13.8. The molecular formula is C31H44O7. The van der Waals surface area contributed by atoms with Crippen LogP contribution < -0.4 is 0 Å². The molecule has 2 bridgehead atoms. The molecule has 38 heavy (non-hydrogen) atoms. The first-order chi connectivity index (χ1) is 18.0. The second kappa shape index (κ2) is 10.7. The zero-order valence-electron chi connectivity index (χ0n) is 23.4. The first-order valence-corrected chi connectivity index (χ1v) is 14.3. The molecule has 7 heteroatoms. The van der Waals surface area contributed by atoms with E-state index in [1.54, 1.807) is 13.0 Å². The summed E-state index contributed by atoms with van der Waals surface area (Å²) in [7, 11) is 0. The average molecular weight is 529 g/mol. The Kier molecular flexibility index (Phi) is 7.79. The summed E-state index contributed by atoms with van der Waals surface area (Å²) in [5, 5.41) is 22.8. The van der Waals surface area contributed by atoms with Crippen molar-refractivity contribution in [3.05, 3.63) is 47.1 Å². The molecule has 3 saturated heterocycles. The molecule has 0 radical (unpaired) electrons. The van der Waals surface area contributed by atoms with Crippen LogP contribution in [0.4, 0.5) is 0 Å². The lowest BCUT2D eigenvalue weighted by molar-refractivity contribution is -0.332. The van der Waals surface area contributed by atoms with Crippen molar-refractivity contribution < 1.29 is 34.0 Å². The first-order valence-electron chi connectivity index (χ1n) is 14.3. The number of aliphatic hydroxyl groups is 2. The van der Waals surface area contributed by atoms with Crippen LogP contribution in [0.3, 0.4) is 0 Å². The van der Waals surface area contributed by atoms with Crippen LogP contribution in [-0.2, 0) is 23.7 Å². The largest absolute Gasteiger partial charge is 0.462 e. The normalized spacial score (nSPS) is 46.1. The highest BCUT2D eigenvalue weighted by Crippen LogP contribution is 2.47. The van der Waals surface area contributed by atoms with Crippen LogP contribution in [0.2, 0.25) is 0 Å². The van der Waals surface area contributed by atoms with E-state index in [1.807, 2.05) is 12.2 Å². The lowest BCUT2D eigenvalue weighted by atomic mass is 9.71. The van der Waals surface area contributed by atoms with Gasteiger partial charge in [-0.1, -0.05) is 49.8 Å². The number of ether oxygens (including phenoxy) is 4. The summed E-state index contributed by atoms with van der Waals surface area (Å²) in [6, 6.07) is 0.